The molecule has 2 rings (SSSR count). The minimum Gasteiger partial charge on any atom is -0.490 e. The van der Waals surface area contributed by atoms with Crippen LogP contribution in [0.4, 0.5) is 5.69 Å². The van der Waals surface area contributed by atoms with Crippen molar-refractivity contribution in [2.75, 3.05) is 25.1 Å². The molecule has 1 heterocycles. The first-order chi connectivity index (χ1) is 11.1. The van der Waals surface area contributed by atoms with Gasteiger partial charge in [0, 0.05) is 18.3 Å². The Bertz CT molecular complexity index is 527. The van der Waals surface area contributed by atoms with Crippen LogP contribution >= 0.6 is 12.4 Å². The highest BCUT2D eigenvalue weighted by Crippen LogP contribution is 2.31. The number of anilines is 1. The third-order valence-corrected chi connectivity index (χ3v) is 3.56. The van der Waals surface area contributed by atoms with Gasteiger partial charge in [0.25, 0.3) is 0 Å². The fourth-order valence-corrected chi connectivity index (χ4v) is 2.39. The highest BCUT2D eigenvalue weighted by atomic mass is 35.5. The molecule has 0 saturated carbocycles. The van der Waals surface area contributed by atoms with E-state index in [0.29, 0.717) is 43.4 Å². The van der Waals surface area contributed by atoms with Crippen LogP contribution in [0.3, 0.4) is 0 Å². The van der Waals surface area contributed by atoms with E-state index in [2.05, 4.69) is 10.6 Å². The van der Waals surface area contributed by atoms with Crippen LogP contribution in [-0.4, -0.2) is 42.9 Å². The Morgan fingerprint density at radius 2 is 1.92 bits per heavy atom. The number of nitrogens with one attached hydrogen (secondary N) is 2. The number of amides is 1. The fraction of sp³-hybridized carbons (Fsp3) is 0.588. The predicted octanol–water partition coefficient (Wildman–Crippen LogP) is 2.35. The molecule has 1 amide bonds. The fourth-order valence-electron chi connectivity index (χ4n) is 2.39. The Balaban J connectivity index is 0.00000288. The lowest BCUT2D eigenvalue weighted by atomic mass is 10.2. The number of ether oxygens (including phenoxy) is 2. The SMILES string of the molecule is CCCOc1ccc(NC(=O)C2CC(O)CN2)cc1OCCC.Cl. The van der Waals surface area contributed by atoms with Crippen molar-refractivity contribution in [3.05, 3.63) is 18.2 Å². The van der Waals surface area contributed by atoms with Gasteiger partial charge < -0.3 is 25.2 Å². The second-order valence-electron chi connectivity index (χ2n) is 5.70. The molecular formula is C17H27ClN2O4. The number of halogens is 1. The maximum absolute atomic E-state index is 12.2. The summed E-state index contributed by atoms with van der Waals surface area (Å²) in [5, 5.41) is 15.3. The number of β-amino-alcohol motifs (C(OH)–C–C–N with tert-alkyl or cyclic N) is 1. The summed E-state index contributed by atoms with van der Waals surface area (Å²) < 4.78 is 11.4. The molecule has 1 fully saturated rings. The minimum atomic E-state index is -0.459. The van der Waals surface area contributed by atoms with Crippen molar-refractivity contribution in [1.82, 2.24) is 5.32 Å². The van der Waals surface area contributed by atoms with Gasteiger partial charge in [0.1, 0.15) is 0 Å². The summed E-state index contributed by atoms with van der Waals surface area (Å²) in [5.74, 6) is 1.18. The smallest absolute Gasteiger partial charge is 0.241 e. The molecule has 0 radical (unpaired) electrons. The first-order valence-corrected chi connectivity index (χ1v) is 8.26. The molecule has 3 N–H and O–H groups in total. The highest BCUT2D eigenvalue weighted by molar-refractivity contribution is 5.95. The van der Waals surface area contributed by atoms with Gasteiger partial charge in [-0.1, -0.05) is 13.8 Å². The van der Waals surface area contributed by atoms with Crippen LogP contribution in [0.15, 0.2) is 18.2 Å². The zero-order valence-electron chi connectivity index (χ0n) is 14.2. The first kappa shape index (κ1) is 20.5. The summed E-state index contributed by atoms with van der Waals surface area (Å²) in [5.41, 5.74) is 0.660. The summed E-state index contributed by atoms with van der Waals surface area (Å²) in [7, 11) is 0. The minimum absolute atomic E-state index is 0. The molecule has 0 aliphatic carbocycles. The van der Waals surface area contributed by atoms with Crippen LogP contribution in [-0.2, 0) is 4.79 Å². The third-order valence-electron chi connectivity index (χ3n) is 3.56. The van der Waals surface area contributed by atoms with Gasteiger partial charge in [-0.05, 0) is 31.4 Å². The first-order valence-electron chi connectivity index (χ1n) is 8.26. The van der Waals surface area contributed by atoms with Gasteiger partial charge in [0.05, 0.1) is 25.4 Å². The molecule has 0 bridgehead atoms. The van der Waals surface area contributed by atoms with Gasteiger partial charge in [-0.25, -0.2) is 0 Å². The van der Waals surface area contributed by atoms with E-state index in [1.165, 1.54) is 0 Å². The Morgan fingerprint density at radius 3 is 2.50 bits per heavy atom. The van der Waals surface area contributed by atoms with Crippen LogP contribution in [0.2, 0.25) is 0 Å². The number of hydrogen-bond acceptors (Lipinski definition) is 5. The highest BCUT2D eigenvalue weighted by Gasteiger charge is 2.28. The van der Waals surface area contributed by atoms with Crippen LogP contribution in [0.5, 0.6) is 11.5 Å². The lowest BCUT2D eigenvalue weighted by Crippen LogP contribution is -2.35. The molecule has 136 valence electrons. The topological polar surface area (TPSA) is 79.8 Å². The van der Waals surface area contributed by atoms with E-state index < -0.39 is 6.10 Å². The average Bonchev–Trinajstić information content (AvgIpc) is 2.98. The van der Waals surface area contributed by atoms with Gasteiger partial charge in [-0.2, -0.15) is 0 Å². The summed E-state index contributed by atoms with van der Waals surface area (Å²) in [4.78, 5) is 12.2. The Kier molecular flexibility index (Phi) is 8.89. The number of aliphatic hydroxyl groups excluding tert-OH is 1. The van der Waals surface area contributed by atoms with Crippen molar-refractivity contribution in [2.24, 2.45) is 0 Å². The van der Waals surface area contributed by atoms with Crippen molar-refractivity contribution >= 4 is 24.0 Å². The molecular weight excluding hydrogens is 332 g/mol. The molecule has 0 spiro atoms. The largest absolute Gasteiger partial charge is 0.490 e. The molecule has 7 heteroatoms. The molecule has 24 heavy (non-hydrogen) atoms. The van der Waals surface area contributed by atoms with E-state index >= 15 is 0 Å². The summed E-state index contributed by atoms with van der Waals surface area (Å²) in [6.45, 7) is 5.75. The van der Waals surface area contributed by atoms with E-state index in [1.54, 1.807) is 12.1 Å². The Labute approximate surface area is 149 Å². The molecule has 1 aliphatic heterocycles. The van der Waals surface area contributed by atoms with Crippen LogP contribution in [0, 0.1) is 0 Å². The van der Waals surface area contributed by atoms with Crippen molar-refractivity contribution in [1.29, 1.82) is 0 Å². The number of benzene rings is 1. The monoisotopic (exact) mass is 358 g/mol. The molecule has 6 nitrogen and oxygen atoms in total. The molecule has 1 aromatic carbocycles. The van der Waals surface area contributed by atoms with Gasteiger partial charge in [-0.3, -0.25) is 4.79 Å². The van der Waals surface area contributed by atoms with Gasteiger partial charge >= 0.3 is 0 Å². The molecule has 0 aromatic heterocycles. The van der Waals surface area contributed by atoms with E-state index in [1.807, 2.05) is 19.9 Å². The lowest BCUT2D eigenvalue weighted by Gasteiger charge is -2.15. The van der Waals surface area contributed by atoms with Crippen LogP contribution in [0.25, 0.3) is 0 Å². The zero-order valence-corrected chi connectivity index (χ0v) is 15.0. The molecule has 1 aliphatic rings. The Hall–Kier alpha value is -1.50. The normalized spacial score (nSPS) is 19.5. The molecule has 1 aromatic rings. The van der Waals surface area contributed by atoms with Crippen molar-refractivity contribution in [3.8, 4) is 11.5 Å². The van der Waals surface area contributed by atoms with Crippen molar-refractivity contribution < 1.29 is 19.4 Å². The summed E-state index contributed by atoms with van der Waals surface area (Å²) >= 11 is 0. The van der Waals surface area contributed by atoms with Crippen LogP contribution in [0.1, 0.15) is 33.1 Å². The predicted molar refractivity (Wildman–Crippen MR) is 96.3 cm³/mol. The van der Waals surface area contributed by atoms with Crippen molar-refractivity contribution in [3.63, 3.8) is 0 Å². The maximum Gasteiger partial charge on any atom is 0.241 e. The second-order valence-corrected chi connectivity index (χ2v) is 5.70. The standard InChI is InChI=1S/C17H26N2O4.ClH/c1-3-7-22-15-6-5-12(9-16(15)23-8-4-2)19-17(21)14-10-13(20)11-18-14;/h5-6,9,13-14,18,20H,3-4,7-8,10-11H2,1-2H3,(H,19,21);1H. The maximum atomic E-state index is 12.2. The third kappa shape index (κ3) is 5.85. The zero-order chi connectivity index (χ0) is 16.7. The molecule has 1 saturated heterocycles. The van der Waals surface area contributed by atoms with Crippen molar-refractivity contribution in [2.45, 2.75) is 45.3 Å². The Morgan fingerprint density at radius 1 is 1.25 bits per heavy atom. The number of aliphatic hydroxyl groups is 1. The number of carbonyl (C=O) groups excluding carboxylic acids is 1. The number of carbonyl (C=O) groups is 1. The number of rotatable bonds is 8. The van der Waals surface area contributed by atoms with E-state index in [9.17, 15) is 9.90 Å². The van der Waals surface area contributed by atoms with E-state index in [4.69, 9.17) is 9.47 Å². The lowest BCUT2D eigenvalue weighted by molar-refractivity contribution is -0.117. The van der Waals surface area contributed by atoms with E-state index in [0.717, 1.165) is 12.8 Å². The van der Waals surface area contributed by atoms with Gasteiger partial charge in [-0.15, -0.1) is 12.4 Å². The summed E-state index contributed by atoms with van der Waals surface area (Å²) in [6.07, 6.45) is 1.79. The van der Waals surface area contributed by atoms with Gasteiger partial charge in [0.15, 0.2) is 11.5 Å². The van der Waals surface area contributed by atoms with E-state index in [-0.39, 0.29) is 24.4 Å². The second kappa shape index (κ2) is 10.4. The average molecular weight is 359 g/mol. The molecule has 2 atom stereocenters. The van der Waals surface area contributed by atoms with Gasteiger partial charge in [0.2, 0.25) is 5.91 Å². The quantitative estimate of drug-likeness (QED) is 0.664. The number of hydrogen-bond donors (Lipinski definition) is 3. The summed E-state index contributed by atoms with van der Waals surface area (Å²) in [6, 6.07) is 5.03. The van der Waals surface area contributed by atoms with Crippen LogP contribution < -0.4 is 20.1 Å². The molecule has 2 unspecified atom stereocenters.